The summed E-state index contributed by atoms with van der Waals surface area (Å²) in [6, 6.07) is 4.83. The van der Waals surface area contributed by atoms with Crippen molar-refractivity contribution in [2.45, 2.75) is 13.1 Å². The standard InChI is InChI=1S/C12H11F3N4/c1-7-3-4-8(6-17-7)9-5-10(16-2)19-11(18-9)12(13,14)15/h3-6H,1-2H3,(H,16,18,19). The smallest absolute Gasteiger partial charge is 0.373 e. The van der Waals surface area contributed by atoms with Crippen LogP contribution >= 0.6 is 0 Å². The lowest BCUT2D eigenvalue weighted by atomic mass is 10.2. The highest BCUT2D eigenvalue weighted by Gasteiger charge is 2.35. The number of anilines is 1. The molecule has 100 valence electrons. The van der Waals surface area contributed by atoms with Gasteiger partial charge in [-0.3, -0.25) is 4.98 Å². The van der Waals surface area contributed by atoms with Gasteiger partial charge in [0.15, 0.2) is 0 Å². The number of hydrogen-bond acceptors (Lipinski definition) is 4. The number of pyridine rings is 1. The van der Waals surface area contributed by atoms with Crippen molar-refractivity contribution in [2.75, 3.05) is 12.4 Å². The van der Waals surface area contributed by atoms with Crippen molar-refractivity contribution in [2.24, 2.45) is 0 Å². The predicted octanol–water partition coefficient (Wildman–Crippen LogP) is 2.91. The van der Waals surface area contributed by atoms with E-state index in [4.69, 9.17) is 0 Å². The van der Waals surface area contributed by atoms with Crippen LogP contribution in [-0.2, 0) is 6.18 Å². The summed E-state index contributed by atoms with van der Waals surface area (Å²) in [5.41, 5.74) is 1.47. The minimum atomic E-state index is -4.58. The first-order chi connectivity index (χ1) is 8.90. The molecular formula is C12H11F3N4. The van der Waals surface area contributed by atoms with Crippen LogP contribution in [0.25, 0.3) is 11.3 Å². The fraction of sp³-hybridized carbons (Fsp3) is 0.250. The van der Waals surface area contributed by atoms with Crippen LogP contribution in [0.3, 0.4) is 0 Å². The van der Waals surface area contributed by atoms with Gasteiger partial charge in [-0.25, -0.2) is 9.97 Å². The molecule has 0 spiro atoms. The van der Waals surface area contributed by atoms with Gasteiger partial charge in [0.05, 0.1) is 5.69 Å². The normalized spacial score (nSPS) is 11.4. The first kappa shape index (κ1) is 13.3. The van der Waals surface area contributed by atoms with Gasteiger partial charge >= 0.3 is 6.18 Å². The summed E-state index contributed by atoms with van der Waals surface area (Å²) in [4.78, 5) is 11.0. The Morgan fingerprint density at radius 1 is 1.16 bits per heavy atom. The Morgan fingerprint density at radius 3 is 2.42 bits per heavy atom. The third kappa shape index (κ3) is 2.98. The molecule has 0 aliphatic heterocycles. The Kier molecular flexibility index (Phi) is 3.37. The maximum atomic E-state index is 12.7. The number of alkyl halides is 3. The quantitative estimate of drug-likeness (QED) is 0.909. The highest BCUT2D eigenvalue weighted by atomic mass is 19.4. The molecule has 4 nitrogen and oxygen atoms in total. The molecule has 0 saturated heterocycles. The molecule has 19 heavy (non-hydrogen) atoms. The van der Waals surface area contributed by atoms with Crippen molar-refractivity contribution < 1.29 is 13.2 Å². The molecule has 0 aliphatic carbocycles. The van der Waals surface area contributed by atoms with E-state index in [2.05, 4.69) is 20.3 Å². The number of hydrogen-bond donors (Lipinski definition) is 1. The van der Waals surface area contributed by atoms with Crippen LogP contribution < -0.4 is 5.32 Å². The Hall–Kier alpha value is -2.18. The maximum Gasteiger partial charge on any atom is 0.451 e. The number of rotatable bonds is 2. The van der Waals surface area contributed by atoms with Gasteiger partial charge in [0.1, 0.15) is 5.82 Å². The summed E-state index contributed by atoms with van der Waals surface area (Å²) in [6.07, 6.45) is -3.10. The van der Waals surface area contributed by atoms with Crippen molar-refractivity contribution in [3.63, 3.8) is 0 Å². The molecular weight excluding hydrogens is 257 g/mol. The van der Waals surface area contributed by atoms with Crippen LogP contribution in [0, 0.1) is 6.92 Å². The predicted molar refractivity (Wildman–Crippen MR) is 64.5 cm³/mol. The largest absolute Gasteiger partial charge is 0.451 e. The molecule has 0 atom stereocenters. The van der Waals surface area contributed by atoms with E-state index in [0.717, 1.165) is 5.69 Å². The minimum Gasteiger partial charge on any atom is -0.373 e. The van der Waals surface area contributed by atoms with Gasteiger partial charge in [-0.1, -0.05) is 0 Å². The zero-order chi connectivity index (χ0) is 14.0. The summed E-state index contributed by atoms with van der Waals surface area (Å²) in [5.74, 6) is -1.06. The lowest BCUT2D eigenvalue weighted by Gasteiger charge is -2.10. The third-order valence-electron chi connectivity index (χ3n) is 2.44. The van der Waals surface area contributed by atoms with Gasteiger partial charge in [0, 0.05) is 30.6 Å². The minimum absolute atomic E-state index is 0.109. The van der Waals surface area contributed by atoms with Crippen LogP contribution in [0.1, 0.15) is 11.5 Å². The Labute approximate surface area is 107 Å². The van der Waals surface area contributed by atoms with E-state index in [1.54, 1.807) is 19.1 Å². The molecule has 0 aliphatic rings. The van der Waals surface area contributed by atoms with Crippen LogP contribution in [0.2, 0.25) is 0 Å². The van der Waals surface area contributed by atoms with E-state index in [0.29, 0.717) is 5.56 Å². The van der Waals surface area contributed by atoms with Crippen LogP contribution in [-0.4, -0.2) is 22.0 Å². The van der Waals surface area contributed by atoms with Gasteiger partial charge in [0.2, 0.25) is 5.82 Å². The van der Waals surface area contributed by atoms with Crippen molar-refractivity contribution in [3.05, 3.63) is 35.9 Å². The number of aromatic nitrogens is 3. The molecule has 2 heterocycles. The summed E-state index contributed by atoms with van der Waals surface area (Å²) in [5, 5.41) is 2.59. The molecule has 0 aromatic carbocycles. The summed E-state index contributed by atoms with van der Waals surface area (Å²) in [7, 11) is 1.50. The van der Waals surface area contributed by atoms with Gasteiger partial charge < -0.3 is 5.32 Å². The average Bonchev–Trinajstić information content (AvgIpc) is 2.38. The van der Waals surface area contributed by atoms with Gasteiger partial charge in [-0.05, 0) is 19.1 Å². The molecule has 0 bridgehead atoms. The topological polar surface area (TPSA) is 50.7 Å². The second-order valence-electron chi connectivity index (χ2n) is 3.90. The highest BCUT2D eigenvalue weighted by molar-refractivity contribution is 5.61. The maximum absolute atomic E-state index is 12.7. The first-order valence-electron chi connectivity index (χ1n) is 5.47. The number of nitrogens with zero attached hydrogens (tertiary/aromatic N) is 3. The average molecular weight is 268 g/mol. The van der Waals surface area contributed by atoms with E-state index in [1.165, 1.54) is 19.3 Å². The van der Waals surface area contributed by atoms with E-state index in [-0.39, 0.29) is 11.5 Å². The lowest BCUT2D eigenvalue weighted by Crippen LogP contribution is -2.13. The summed E-state index contributed by atoms with van der Waals surface area (Å²) >= 11 is 0. The number of halogens is 3. The van der Waals surface area contributed by atoms with Gasteiger partial charge in [-0.2, -0.15) is 13.2 Å². The van der Waals surface area contributed by atoms with Crippen LogP contribution in [0.5, 0.6) is 0 Å². The lowest BCUT2D eigenvalue weighted by molar-refractivity contribution is -0.144. The molecule has 0 unspecified atom stereocenters. The molecule has 1 N–H and O–H groups in total. The Balaban J connectivity index is 2.54. The van der Waals surface area contributed by atoms with Crippen LogP contribution in [0.4, 0.5) is 19.0 Å². The molecule has 2 rings (SSSR count). The van der Waals surface area contributed by atoms with E-state index < -0.39 is 12.0 Å². The highest BCUT2D eigenvalue weighted by Crippen LogP contribution is 2.29. The van der Waals surface area contributed by atoms with E-state index in [1.807, 2.05) is 0 Å². The zero-order valence-corrected chi connectivity index (χ0v) is 10.3. The van der Waals surface area contributed by atoms with Gasteiger partial charge in [-0.15, -0.1) is 0 Å². The SMILES string of the molecule is CNc1cc(-c2ccc(C)nc2)nc(C(F)(F)F)n1. The summed E-state index contributed by atoms with van der Waals surface area (Å²) < 4.78 is 38.1. The first-order valence-corrected chi connectivity index (χ1v) is 5.47. The van der Waals surface area contributed by atoms with Crippen molar-refractivity contribution in [1.29, 1.82) is 0 Å². The zero-order valence-electron chi connectivity index (χ0n) is 10.3. The second kappa shape index (κ2) is 4.83. The molecule has 0 radical (unpaired) electrons. The Bertz CT molecular complexity index is 579. The molecule has 0 fully saturated rings. The fourth-order valence-corrected chi connectivity index (χ4v) is 1.47. The Morgan fingerprint density at radius 2 is 1.89 bits per heavy atom. The summed E-state index contributed by atoms with van der Waals surface area (Å²) in [6.45, 7) is 1.80. The molecule has 0 amide bonds. The third-order valence-corrected chi connectivity index (χ3v) is 2.44. The molecule has 2 aromatic rings. The number of nitrogens with one attached hydrogen (secondary N) is 1. The van der Waals surface area contributed by atoms with E-state index >= 15 is 0 Å². The second-order valence-corrected chi connectivity index (χ2v) is 3.90. The molecule has 0 saturated carbocycles. The fourth-order valence-electron chi connectivity index (χ4n) is 1.47. The van der Waals surface area contributed by atoms with Crippen molar-refractivity contribution in [1.82, 2.24) is 15.0 Å². The molecule has 7 heteroatoms. The van der Waals surface area contributed by atoms with Crippen molar-refractivity contribution >= 4 is 5.82 Å². The van der Waals surface area contributed by atoms with Gasteiger partial charge in [0.25, 0.3) is 0 Å². The van der Waals surface area contributed by atoms with E-state index in [9.17, 15) is 13.2 Å². The monoisotopic (exact) mass is 268 g/mol. The number of aryl methyl sites for hydroxylation is 1. The van der Waals surface area contributed by atoms with Crippen molar-refractivity contribution in [3.8, 4) is 11.3 Å². The molecule has 2 aromatic heterocycles. The van der Waals surface area contributed by atoms with Crippen LogP contribution in [0.15, 0.2) is 24.4 Å².